The van der Waals surface area contributed by atoms with Gasteiger partial charge < -0.3 is 10.1 Å². The van der Waals surface area contributed by atoms with E-state index in [1.807, 2.05) is 24.3 Å². The maximum Gasteiger partial charge on any atom is 0.184 e. The topological polar surface area (TPSA) is 47.0 Å². The fourth-order valence-corrected chi connectivity index (χ4v) is 4.09. The van der Waals surface area contributed by atoms with Gasteiger partial charge in [0.25, 0.3) is 0 Å². The summed E-state index contributed by atoms with van der Waals surface area (Å²) in [5, 5.41) is 4.64. The van der Waals surface area contributed by atoms with E-state index in [-0.39, 0.29) is 0 Å². The molecule has 0 radical (unpaired) electrons. The van der Waals surface area contributed by atoms with E-state index >= 15 is 0 Å². The minimum absolute atomic E-state index is 0.556. The Morgan fingerprint density at radius 2 is 1.92 bits per heavy atom. The highest BCUT2D eigenvalue weighted by atomic mass is 32.1. The first-order chi connectivity index (χ1) is 11.9. The Hall–Kier alpha value is -2.14. The molecule has 0 spiro atoms. The van der Waals surface area contributed by atoms with Crippen molar-refractivity contribution in [2.75, 3.05) is 5.32 Å². The Balaban J connectivity index is 1.44. The van der Waals surface area contributed by atoms with Crippen LogP contribution in [0.3, 0.4) is 0 Å². The number of aromatic nitrogens is 2. The minimum atomic E-state index is 0.556. The molecular weight excluding hydrogens is 318 g/mol. The van der Waals surface area contributed by atoms with Crippen LogP contribution in [0.2, 0.25) is 0 Å². The molecule has 24 heavy (non-hydrogen) atoms. The molecule has 1 fully saturated rings. The van der Waals surface area contributed by atoms with Crippen molar-refractivity contribution in [2.45, 2.75) is 44.8 Å². The Labute approximate surface area is 145 Å². The molecule has 5 heteroatoms. The van der Waals surface area contributed by atoms with Gasteiger partial charge in [-0.2, -0.15) is 0 Å². The summed E-state index contributed by atoms with van der Waals surface area (Å²) in [5.41, 5.74) is 2.16. The van der Waals surface area contributed by atoms with Gasteiger partial charge in [0.05, 0.1) is 10.2 Å². The second-order valence-corrected chi connectivity index (χ2v) is 7.30. The lowest BCUT2D eigenvalue weighted by atomic mass is 9.96. The fraction of sp³-hybridized carbons (Fsp3) is 0.368. The van der Waals surface area contributed by atoms with Gasteiger partial charge in [0.2, 0.25) is 0 Å². The van der Waals surface area contributed by atoms with Gasteiger partial charge in [0, 0.05) is 18.4 Å². The molecule has 0 amide bonds. The number of nitrogens with zero attached hydrogens (tertiary/aromatic N) is 2. The summed E-state index contributed by atoms with van der Waals surface area (Å²) in [6.45, 7) is 0.556. The summed E-state index contributed by atoms with van der Waals surface area (Å²) in [7, 11) is 0. The number of nitrogens with one attached hydrogen (secondary N) is 1. The molecule has 1 N–H and O–H groups in total. The van der Waals surface area contributed by atoms with E-state index in [0.29, 0.717) is 12.6 Å². The lowest BCUT2D eigenvalue weighted by Crippen LogP contribution is -2.21. The number of thiazole rings is 1. The Morgan fingerprint density at radius 1 is 1.08 bits per heavy atom. The van der Waals surface area contributed by atoms with E-state index < -0.39 is 0 Å². The highest BCUT2D eigenvalue weighted by Crippen LogP contribution is 2.31. The SMILES string of the molecule is c1cc(COc2ccc3nc(NC4CCCCC4)sc3c2)ccn1. The monoisotopic (exact) mass is 339 g/mol. The number of ether oxygens (including phenoxy) is 1. The van der Waals surface area contributed by atoms with Gasteiger partial charge in [-0.05, 0) is 48.7 Å². The number of fused-ring (bicyclic) bond motifs is 1. The van der Waals surface area contributed by atoms with E-state index in [2.05, 4.69) is 16.4 Å². The van der Waals surface area contributed by atoms with E-state index in [9.17, 15) is 0 Å². The van der Waals surface area contributed by atoms with Crippen molar-refractivity contribution in [3.05, 3.63) is 48.3 Å². The second-order valence-electron chi connectivity index (χ2n) is 6.27. The van der Waals surface area contributed by atoms with Gasteiger partial charge in [-0.25, -0.2) is 4.98 Å². The van der Waals surface area contributed by atoms with E-state index in [0.717, 1.165) is 22.0 Å². The van der Waals surface area contributed by atoms with Crippen LogP contribution in [0.4, 0.5) is 5.13 Å². The summed E-state index contributed by atoms with van der Waals surface area (Å²) in [5.74, 6) is 0.882. The second kappa shape index (κ2) is 7.18. The summed E-state index contributed by atoms with van der Waals surface area (Å²) < 4.78 is 7.06. The van der Waals surface area contributed by atoms with Gasteiger partial charge in [-0.1, -0.05) is 30.6 Å². The number of benzene rings is 1. The average Bonchev–Trinajstić information content (AvgIpc) is 3.03. The summed E-state index contributed by atoms with van der Waals surface area (Å²) >= 11 is 1.71. The van der Waals surface area contributed by atoms with E-state index in [1.165, 1.54) is 36.8 Å². The lowest BCUT2D eigenvalue weighted by molar-refractivity contribution is 0.306. The molecule has 0 saturated heterocycles. The van der Waals surface area contributed by atoms with Crippen molar-refractivity contribution in [1.82, 2.24) is 9.97 Å². The lowest BCUT2D eigenvalue weighted by Gasteiger charge is -2.22. The maximum atomic E-state index is 5.89. The molecule has 2 heterocycles. The molecule has 4 nitrogen and oxygen atoms in total. The van der Waals surface area contributed by atoms with Crippen molar-refractivity contribution in [1.29, 1.82) is 0 Å². The third kappa shape index (κ3) is 3.67. The van der Waals surface area contributed by atoms with Crippen molar-refractivity contribution < 1.29 is 4.74 Å². The van der Waals surface area contributed by atoms with Crippen LogP contribution >= 0.6 is 11.3 Å². The number of rotatable bonds is 5. The molecule has 4 rings (SSSR count). The number of anilines is 1. The van der Waals surface area contributed by atoms with Gasteiger partial charge in [-0.3, -0.25) is 4.98 Å². The summed E-state index contributed by atoms with van der Waals surface area (Å²) in [4.78, 5) is 8.73. The molecule has 1 saturated carbocycles. The van der Waals surface area contributed by atoms with Crippen LogP contribution in [0.5, 0.6) is 5.75 Å². The molecular formula is C19H21N3OS. The van der Waals surface area contributed by atoms with Crippen LogP contribution in [0, 0.1) is 0 Å². The van der Waals surface area contributed by atoms with Gasteiger partial charge in [0.15, 0.2) is 5.13 Å². The van der Waals surface area contributed by atoms with Crippen LogP contribution < -0.4 is 10.1 Å². The molecule has 0 aliphatic heterocycles. The fourth-order valence-electron chi connectivity index (χ4n) is 3.12. The molecule has 1 aromatic carbocycles. The molecule has 124 valence electrons. The molecule has 2 aromatic heterocycles. The molecule has 0 unspecified atom stereocenters. The van der Waals surface area contributed by atoms with Crippen molar-refractivity contribution >= 4 is 26.7 Å². The largest absolute Gasteiger partial charge is 0.489 e. The molecule has 3 aromatic rings. The predicted molar refractivity (Wildman–Crippen MR) is 98.7 cm³/mol. The molecule has 0 bridgehead atoms. The Bertz CT molecular complexity index is 797. The third-order valence-corrected chi connectivity index (χ3v) is 5.40. The zero-order valence-corrected chi connectivity index (χ0v) is 14.4. The van der Waals surface area contributed by atoms with Crippen LogP contribution in [0.1, 0.15) is 37.7 Å². The zero-order chi connectivity index (χ0) is 16.2. The Kier molecular flexibility index (Phi) is 4.60. The number of hydrogen-bond acceptors (Lipinski definition) is 5. The molecule has 0 atom stereocenters. The van der Waals surface area contributed by atoms with Gasteiger partial charge >= 0.3 is 0 Å². The van der Waals surface area contributed by atoms with E-state index in [4.69, 9.17) is 9.72 Å². The summed E-state index contributed by atoms with van der Waals surface area (Å²) in [6, 6.07) is 10.6. The standard InChI is InChI=1S/C19H21N3OS/c1-2-4-15(5-3-1)21-19-22-17-7-6-16(12-18(17)24-19)23-13-14-8-10-20-11-9-14/h6-12,15H,1-5,13H2,(H,21,22). The van der Waals surface area contributed by atoms with E-state index in [1.54, 1.807) is 23.7 Å². The first-order valence-electron chi connectivity index (χ1n) is 8.56. The van der Waals surface area contributed by atoms with Gasteiger partial charge in [0.1, 0.15) is 12.4 Å². The average molecular weight is 339 g/mol. The van der Waals surface area contributed by atoms with Crippen LogP contribution in [-0.4, -0.2) is 16.0 Å². The molecule has 1 aliphatic rings. The maximum absolute atomic E-state index is 5.89. The first kappa shape index (κ1) is 15.4. The predicted octanol–water partition coefficient (Wildman–Crippen LogP) is 5.01. The van der Waals surface area contributed by atoms with Crippen LogP contribution in [-0.2, 0) is 6.61 Å². The third-order valence-electron chi connectivity index (χ3n) is 4.45. The summed E-state index contributed by atoms with van der Waals surface area (Å²) in [6.07, 6.45) is 10.1. The molecule has 1 aliphatic carbocycles. The van der Waals surface area contributed by atoms with Crippen LogP contribution in [0.25, 0.3) is 10.2 Å². The van der Waals surface area contributed by atoms with Crippen molar-refractivity contribution in [2.24, 2.45) is 0 Å². The normalized spacial score (nSPS) is 15.5. The van der Waals surface area contributed by atoms with Gasteiger partial charge in [-0.15, -0.1) is 0 Å². The van der Waals surface area contributed by atoms with Crippen LogP contribution in [0.15, 0.2) is 42.7 Å². The first-order valence-corrected chi connectivity index (χ1v) is 9.37. The number of hydrogen-bond donors (Lipinski definition) is 1. The highest BCUT2D eigenvalue weighted by Gasteiger charge is 2.15. The number of pyridine rings is 1. The minimum Gasteiger partial charge on any atom is -0.489 e. The quantitative estimate of drug-likeness (QED) is 0.709. The highest BCUT2D eigenvalue weighted by molar-refractivity contribution is 7.22. The van der Waals surface area contributed by atoms with Crippen molar-refractivity contribution in [3.63, 3.8) is 0 Å². The van der Waals surface area contributed by atoms with Crippen molar-refractivity contribution in [3.8, 4) is 5.75 Å². The zero-order valence-electron chi connectivity index (χ0n) is 13.6. The Morgan fingerprint density at radius 3 is 2.75 bits per heavy atom. The smallest absolute Gasteiger partial charge is 0.184 e.